The van der Waals surface area contributed by atoms with E-state index in [9.17, 15) is 0 Å². The minimum atomic E-state index is 0.917. The van der Waals surface area contributed by atoms with Crippen LogP contribution in [0, 0.1) is 6.92 Å². The molecule has 0 radical (unpaired) electrons. The molecule has 8 rings (SSSR count). The summed E-state index contributed by atoms with van der Waals surface area (Å²) in [4.78, 5) is 0. The van der Waals surface area contributed by atoms with Crippen molar-refractivity contribution in [2.45, 2.75) is 6.92 Å². The van der Waals surface area contributed by atoms with Gasteiger partial charge in [-0.2, -0.15) is 0 Å². The molecule has 0 atom stereocenters. The van der Waals surface area contributed by atoms with Crippen LogP contribution in [-0.4, -0.2) is 0 Å². The number of furan rings is 1. The van der Waals surface area contributed by atoms with Gasteiger partial charge < -0.3 is 4.42 Å². The van der Waals surface area contributed by atoms with Crippen LogP contribution < -0.4 is 0 Å². The Balaban J connectivity index is 1.38. The van der Waals surface area contributed by atoms with Gasteiger partial charge >= 0.3 is 0 Å². The largest absolute Gasteiger partial charge is 0.456 e. The van der Waals surface area contributed by atoms with Crippen molar-refractivity contribution in [2.75, 3.05) is 0 Å². The van der Waals surface area contributed by atoms with E-state index in [1.165, 1.54) is 65.5 Å². The van der Waals surface area contributed by atoms with Crippen LogP contribution in [0.1, 0.15) is 5.56 Å². The normalized spacial score (nSPS) is 11.8. The third-order valence-corrected chi connectivity index (χ3v) is 7.94. The quantitative estimate of drug-likeness (QED) is 0.222. The van der Waals surface area contributed by atoms with Gasteiger partial charge in [-0.25, -0.2) is 0 Å². The van der Waals surface area contributed by atoms with Crippen LogP contribution in [0.25, 0.3) is 76.5 Å². The summed E-state index contributed by atoms with van der Waals surface area (Å²) in [5, 5.41) is 10.1. The fraction of sp³-hybridized carbons (Fsp3) is 0.0270. The molecule has 0 saturated heterocycles. The maximum absolute atomic E-state index is 6.31. The second-order valence-electron chi connectivity index (χ2n) is 10.2. The predicted molar refractivity (Wildman–Crippen MR) is 162 cm³/mol. The summed E-state index contributed by atoms with van der Waals surface area (Å²) in [6, 6.07) is 46.1. The molecule has 1 heteroatoms. The summed E-state index contributed by atoms with van der Waals surface area (Å²) in [5.41, 5.74) is 7.91. The average molecular weight is 485 g/mol. The van der Waals surface area contributed by atoms with Gasteiger partial charge in [0, 0.05) is 10.8 Å². The Morgan fingerprint density at radius 2 is 0.947 bits per heavy atom. The van der Waals surface area contributed by atoms with E-state index in [2.05, 4.69) is 134 Å². The van der Waals surface area contributed by atoms with Crippen molar-refractivity contribution in [1.29, 1.82) is 0 Å². The highest BCUT2D eigenvalue weighted by Gasteiger charge is 2.14. The molecule has 0 bridgehead atoms. The van der Waals surface area contributed by atoms with Gasteiger partial charge in [-0.05, 0) is 85.8 Å². The zero-order valence-electron chi connectivity index (χ0n) is 21.0. The lowest BCUT2D eigenvalue weighted by atomic mass is 9.91. The highest BCUT2D eigenvalue weighted by molar-refractivity contribution is 6.25. The van der Waals surface area contributed by atoms with Gasteiger partial charge in [-0.3, -0.25) is 0 Å². The van der Waals surface area contributed by atoms with Gasteiger partial charge in [-0.15, -0.1) is 0 Å². The Labute approximate surface area is 220 Å². The van der Waals surface area contributed by atoms with E-state index in [-0.39, 0.29) is 0 Å². The van der Waals surface area contributed by atoms with Gasteiger partial charge in [0.1, 0.15) is 11.2 Å². The van der Waals surface area contributed by atoms with E-state index < -0.39 is 0 Å². The Morgan fingerprint density at radius 1 is 0.395 bits per heavy atom. The van der Waals surface area contributed by atoms with Gasteiger partial charge in [0.05, 0.1) is 0 Å². The molecule has 0 aliphatic carbocycles. The first-order valence-electron chi connectivity index (χ1n) is 13.1. The molecular weight excluding hydrogens is 460 g/mol. The molecule has 38 heavy (non-hydrogen) atoms. The maximum Gasteiger partial charge on any atom is 0.136 e. The lowest BCUT2D eigenvalue weighted by molar-refractivity contribution is 0.669. The molecule has 8 aromatic rings. The van der Waals surface area contributed by atoms with Crippen LogP contribution in [0.3, 0.4) is 0 Å². The van der Waals surface area contributed by atoms with Crippen LogP contribution in [0.4, 0.5) is 0 Å². The molecule has 0 fully saturated rings. The molecule has 0 aliphatic heterocycles. The van der Waals surface area contributed by atoms with Crippen molar-refractivity contribution >= 4 is 54.3 Å². The number of aryl methyl sites for hydroxylation is 1. The molecule has 0 spiro atoms. The summed E-state index contributed by atoms with van der Waals surface area (Å²) < 4.78 is 6.31. The molecule has 0 unspecified atom stereocenters. The highest BCUT2D eigenvalue weighted by atomic mass is 16.3. The fourth-order valence-electron chi connectivity index (χ4n) is 6.07. The lowest BCUT2D eigenvalue weighted by Gasteiger charge is -2.12. The molecule has 178 valence electrons. The lowest BCUT2D eigenvalue weighted by Crippen LogP contribution is -1.85. The van der Waals surface area contributed by atoms with E-state index in [1.54, 1.807) is 0 Å². The standard InChI is InChI=1S/C37H24O/c1-23-13-15-24(16-14-23)27-11-6-12-36-37(27)34-22-26(18-20-35(34)38-36)25-17-19-32-30-9-3-2-7-28(30)29-8-4-5-10-31(29)33(32)21-25/h2-22H,1H3. The van der Waals surface area contributed by atoms with Crippen LogP contribution in [0.2, 0.25) is 0 Å². The van der Waals surface area contributed by atoms with Gasteiger partial charge in [0.25, 0.3) is 0 Å². The zero-order chi connectivity index (χ0) is 25.2. The second-order valence-corrected chi connectivity index (χ2v) is 10.2. The molecule has 7 aromatic carbocycles. The number of rotatable bonds is 2. The highest BCUT2D eigenvalue weighted by Crippen LogP contribution is 2.40. The van der Waals surface area contributed by atoms with E-state index >= 15 is 0 Å². The first-order valence-corrected chi connectivity index (χ1v) is 13.1. The SMILES string of the molecule is Cc1ccc(-c2cccc3oc4ccc(-c5ccc6c7ccccc7c7ccccc7c6c5)cc4c23)cc1. The molecular formula is C37H24O. The van der Waals surface area contributed by atoms with Crippen LogP contribution >= 0.6 is 0 Å². The summed E-state index contributed by atoms with van der Waals surface area (Å²) >= 11 is 0. The molecule has 0 amide bonds. The first kappa shape index (κ1) is 21.2. The van der Waals surface area contributed by atoms with Gasteiger partial charge in [-0.1, -0.05) is 109 Å². The predicted octanol–water partition coefficient (Wildman–Crippen LogP) is 10.7. The molecule has 1 heterocycles. The van der Waals surface area contributed by atoms with Crippen molar-refractivity contribution < 1.29 is 4.42 Å². The van der Waals surface area contributed by atoms with Crippen LogP contribution in [0.15, 0.2) is 132 Å². The average Bonchev–Trinajstić information content (AvgIpc) is 3.36. The number of hydrogen-bond donors (Lipinski definition) is 0. The molecule has 1 nitrogen and oxygen atoms in total. The minimum Gasteiger partial charge on any atom is -0.456 e. The van der Waals surface area contributed by atoms with Crippen LogP contribution in [0.5, 0.6) is 0 Å². The van der Waals surface area contributed by atoms with E-state index in [1.807, 2.05) is 0 Å². The van der Waals surface area contributed by atoms with E-state index in [0.717, 1.165) is 16.6 Å². The molecule has 0 N–H and O–H groups in total. The van der Waals surface area contributed by atoms with Gasteiger partial charge in [0.2, 0.25) is 0 Å². The van der Waals surface area contributed by atoms with E-state index in [0.29, 0.717) is 0 Å². The van der Waals surface area contributed by atoms with Crippen molar-refractivity contribution in [3.63, 3.8) is 0 Å². The Bertz CT molecular complexity index is 2140. The summed E-state index contributed by atoms with van der Waals surface area (Å²) in [6.45, 7) is 2.12. The molecule has 1 aromatic heterocycles. The number of hydrogen-bond acceptors (Lipinski definition) is 1. The maximum atomic E-state index is 6.31. The Kier molecular flexibility index (Phi) is 4.50. The van der Waals surface area contributed by atoms with Gasteiger partial charge in [0.15, 0.2) is 0 Å². The van der Waals surface area contributed by atoms with E-state index in [4.69, 9.17) is 4.42 Å². The van der Waals surface area contributed by atoms with Crippen molar-refractivity contribution in [2.24, 2.45) is 0 Å². The zero-order valence-corrected chi connectivity index (χ0v) is 21.0. The third kappa shape index (κ3) is 3.12. The monoisotopic (exact) mass is 484 g/mol. The van der Waals surface area contributed by atoms with Crippen molar-refractivity contribution in [3.8, 4) is 22.3 Å². The smallest absolute Gasteiger partial charge is 0.136 e. The summed E-state index contributed by atoms with van der Waals surface area (Å²) in [7, 11) is 0. The molecule has 0 aliphatic rings. The number of benzene rings is 7. The Hall–Kier alpha value is -4.88. The summed E-state index contributed by atoms with van der Waals surface area (Å²) in [5.74, 6) is 0. The number of fused-ring (bicyclic) bond motifs is 9. The summed E-state index contributed by atoms with van der Waals surface area (Å²) in [6.07, 6.45) is 0. The first-order chi connectivity index (χ1) is 18.7. The van der Waals surface area contributed by atoms with Crippen molar-refractivity contribution in [3.05, 3.63) is 133 Å². The molecule has 0 saturated carbocycles. The minimum absolute atomic E-state index is 0.917. The topological polar surface area (TPSA) is 13.1 Å². The van der Waals surface area contributed by atoms with Crippen molar-refractivity contribution in [1.82, 2.24) is 0 Å². The second kappa shape index (κ2) is 8.06. The fourth-order valence-corrected chi connectivity index (χ4v) is 6.07. The Morgan fingerprint density at radius 3 is 1.63 bits per heavy atom. The third-order valence-electron chi connectivity index (χ3n) is 7.94. The van der Waals surface area contributed by atoms with Crippen LogP contribution in [-0.2, 0) is 0 Å².